The van der Waals surface area contributed by atoms with Crippen molar-refractivity contribution in [3.05, 3.63) is 24.3 Å². The summed E-state index contributed by atoms with van der Waals surface area (Å²) in [5.74, 6) is -2.46. The van der Waals surface area contributed by atoms with Gasteiger partial charge < -0.3 is 19.8 Å². The molecular formula is C19H23F3N2O5. The number of ether oxygens (including phenoxy) is 1. The molecule has 160 valence electrons. The zero-order valence-corrected chi connectivity index (χ0v) is 15.9. The molecule has 10 heteroatoms. The fourth-order valence-corrected chi connectivity index (χ4v) is 4.61. The molecule has 0 aromatic heterocycles. The Kier molecular flexibility index (Phi) is 5.42. The van der Waals surface area contributed by atoms with E-state index in [2.05, 4.69) is 9.80 Å². The monoisotopic (exact) mass is 416 g/mol. The summed E-state index contributed by atoms with van der Waals surface area (Å²) >= 11 is 0. The van der Waals surface area contributed by atoms with Crippen molar-refractivity contribution >= 4 is 17.6 Å². The van der Waals surface area contributed by atoms with Crippen LogP contribution in [0.1, 0.15) is 19.3 Å². The second-order valence-corrected chi connectivity index (χ2v) is 7.82. The summed E-state index contributed by atoms with van der Waals surface area (Å²) in [6.45, 7) is 4.08. The number of esters is 1. The Hall–Kier alpha value is -2.49. The second kappa shape index (κ2) is 7.40. The maximum Gasteiger partial charge on any atom is 0.490 e. The maximum atomic E-state index is 11.8. The van der Waals surface area contributed by atoms with E-state index in [9.17, 15) is 23.1 Å². The van der Waals surface area contributed by atoms with E-state index in [1.165, 1.54) is 12.8 Å². The standard InChI is InChI=1S/C17H22N2O3.C2HF3O2/c1-22-15(21)16-10-17(11-16,12-16)19-8-6-18(7-9-19)13-2-4-14(20)5-3-13;3-2(4,5)1(6)7/h2-5,20H,6-12H2,1H3;(H,6,7). The van der Waals surface area contributed by atoms with Gasteiger partial charge in [-0.1, -0.05) is 0 Å². The largest absolute Gasteiger partial charge is 0.508 e. The van der Waals surface area contributed by atoms with Crippen LogP contribution in [0.5, 0.6) is 5.75 Å². The number of anilines is 1. The Morgan fingerprint density at radius 2 is 1.52 bits per heavy atom. The number of rotatable bonds is 3. The molecule has 1 heterocycles. The van der Waals surface area contributed by atoms with Crippen molar-refractivity contribution < 1.29 is 37.7 Å². The zero-order valence-electron chi connectivity index (χ0n) is 15.9. The van der Waals surface area contributed by atoms with Crippen LogP contribution in [0.15, 0.2) is 24.3 Å². The molecule has 1 aromatic carbocycles. The minimum absolute atomic E-state index is 0.0166. The summed E-state index contributed by atoms with van der Waals surface area (Å²) in [7, 11) is 1.49. The summed E-state index contributed by atoms with van der Waals surface area (Å²) in [6.07, 6.45) is -2.15. The van der Waals surface area contributed by atoms with Crippen molar-refractivity contribution in [3.8, 4) is 5.75 Å². The predicted molar refractivity (Wildman–Crippen MR) is 96.6 cm³/mol. The fraction of sp³-hybridized carbons (Fsp3) is 0.579. The Bertz CT molecular complexity index is 753. The smallest absolute Gasteiger partial charge is 0.490 e. The van der Waals surface area contributed by atoms with Gasteiger partial charge in [0, 0.05) is 37.4 Å². The first kappa shape index (κ1) is 21.2. The lowest BCUT2D eigenvalue weighted by Gasteiger charge is -2.72. The molecule has 2 N–H and O–H groups in total. The number of hydrogen-bond donors (Lipinski definition) is 2. The Balaban J connectivity index is 0.000000298. The number of alkyl halides is 3. The SMILES string of the molecule is COC(=O)C12CC(N3CCN(c4ccc(O)cc4)CC3)(C1)C2.O=C(O)C(F)(F)F. The minimum Gasteiger partial charge on any atom is -0.508 e. The van der Waals surface area contributed by atoms with Gasteiger partial charge in [-0.15, -0.1) is 0 Å². The Morgan fingerprint density at radius 1 is 1.03 bits per heavy atom. The molecule has 0 amide bonds. The van der Waals surface area contributed by atoms with Gasteiger partial charge in [0.1, 0.15) is 5.75 Å². The van der Waals surface area contributed by atoms with Crippen LogP contribution < -0.4 is 4.90 Å². The molecule has 5 rings (SSSR count). The number of carboxylic acids is 1. The lowest BCUT2D eigenvalue weighted by Crippen LogP contribution is -2.78. The van der Waals surface area contributed by atoms with Gasteiger partial charge in [0.2, 0.25) is 0 Å². The first-order valence-electron chi connectivity index (χ1n) is 9.19. The number of phenols is 1. The molecule has 4 fully saturated rings. The van der Waals surface area contributed by atoms with Gasteiger partial charge >= 0.3 is 18.1 Å². The molecule has 0 spiro atoms. The van der Waals surface area contributed by atoms with Crippen molar-refractivity contribution in [2.75, 3.05) is 38.2 Å². The average Bonchev–Trinajstić information content (AvgIpc) is 2.60. The summed E-state index contributed by atoms with van der Waals surface area (Å²) in [4.78, 5) is 25.6. The number of carbonyl (C=O) groups excluding carboxylic acids is 1. The third kappa shape index (κ3) is 3.98. The van der Waals surface area contributed by atoms with Crippen LogP contribution in [0, 0.1) is 5.41 Å². The van der Waals surface area contributed by atoms with Crippen molar-refractivity contribution in [2.24, 2.45) is 5.41 Å². The average molecular weight is 416 g/mol. The highest BCUT2D eigenvalue weighted by Gasteiger charge is 2.74. The quantitative estimate of drug-likeness (QED) is 0.731. The first-order chi connectivity index (χ1) is 13.5. The van der Waals surface area contributed by atoms with E-state index >= 15 is 0 Å². The van der Waals surface area contributed by atoms with Gasteiger partial charge in [-0.3, -0.25) is 9.69 Å². The molecular weight excluding hydrogens is 393 g/mol. The van der Waals surface area contributed by atoms with Gasteiger partial charge in [0.05, 0.1) is 12.5 Å². The number of aromatic hydroxyl groups is 1. The van der Waals surface area contributed by atoms with Crippen molar-refractivity contribution in [1.29, 1.82) is 0 Å². The molecule has 3 saturated carbocycles. The predicted octanol–water partition coefficient (Wildman–Crippen LogP) is 2.24. The molecule has 4 aliphatic rings. The third-order valence-electron chi connectivity index (χ3n) is 6.03. The fourth-order valence-electron chi connectivity index (χ4n) is 4.61. The molecule has 0 unspecified atom stereocenters. The van der Waals surface area contributed by atoms with Gasteiger partial charge in [0.15, 0.2) is 0 Å². The van der Waals surface area contributed by atoms with Gasteiger partial charge in [-0.25, -0.2) is 4.79 Å². The van der Waals surface area contributed by atoms with Gasteiger partial charge in [0.25, 0.3) is 0 Å². The van der Waals surface area contributed by atoms with E-state index < -0.39 is 12.1 Å². The van der Waals surface area contributed by atoms with Crippen LogP contribution in [0.25, 0.3) is 0 Å². The van der Waals surface area contributed by atoms with Crippen LogP contribution in [0.3, 0.4) is 0 Å². The van der Waals surface area contributed by atoms with E-state index in [0.29, 0.717) is 5.75 Å². The normalized spacial score (nSPS) is 28.3. The maximum absolute atomic E-state index is 11.8. The molecule has 7 nitrogen and oxygen atoms in total. The summed E-state index contributed by atoms with van der Waals surface area (Å²) in [5.41, 5.74) is 1.29. The van der Waals surface area contributed by atoms with E-state index in [0.717, 1.165) is 45.4 Å². The molecule has 1 aliphatic heterocycles. The molecule has 2 bridgehead atoms. The lowest BCUT2D eigenvalue weighted by molar-refractivity contribution is -0.234. The van der Waals surface area contributed by atoms with Crippen LogP contribution in [0.4, 0.5) is 18.9 Å². The number of aliphatic carboxylic acids is 1. The zero-order chi connectivity index (χ0) is 21.4. The second-order valence-electron chi connectivity index (χ2n) is 7.82. The molecule has 29 heavy (non-hydrogen) atoms. The Morgan fingerprint density at radius 3 is 1.93 bits per heavy atom. The number of carboxylic acid groups (broad SMARTS) is 1. The van der Waals surface area contributed by atoms with Crippen LogP contribution in [-0.2, 0) is 14.3 Å². The van der Waals surface area contributed by atoms with Crippen LogP contribution >= 0.6 is 0 Å². The van der Waals surface area contributed by atoms with E-state index in [4.69, 9.17) is 14.6 Å². The minimum atomic E-state index is -5.08. The molecule has 3 aliphatic carbocycles. The number of nitrogens with zero attached hydrogens (tertiary/aromatic N) is 2. The number of piperazine rings is 1. The van der Waals surface area contributed by atoms with Gasteiger partial charge in [-0.2, -0.15) is 13.2 Å². The van der Waals surface area contributed by atoms with Crippen molar-refractivity contribution in [2.45, 2.75) is 31.0 Å². The Labute approximate surface area is 165 Å². The van der Waals surface area contributed by atoms with E-state index in [1.807, 2.05) is 12.1 Å². The number of methoxy groups -OCH3 is 1. The topological polar surface area (TPSA) is 90.3 Å². The third-order valence-corrected chi connectivity index (χ3v) is 6.03. The van der Waals surface area contributed by atoms with Gasteiger partial charge in [-0.05, 0) is 43.5 Å². The van der Waals surface area contributed by atoms with E-state index in [1.54, 1.807) is 12.1 Å². The number of phenolic OH excluding ortho intramolecular Hbond substituents is 1. The van der Waals surface area contributed by atoms with Crippen LogP contribution in [0.2, 0.25) is 0 Å². The summed E-state index contributed by atoms with van der Waals surface area (Å²) in [5, 5.41) is 16.5. The first-order valence-corrected chi connectivity index (χ1v) is 9.19. The number of benzene rings is 1. The highest BCUT2D eigenvalue weighted by molar-refractivity contribution is 5.82. The molecule has 0 radical (unpaired) electrons. The highest BCUT2D eigenvalue weighted by Crippen LogP contribution is 2.70. The summed E-state index contributed by atoms with van der Waals surface area (Å²) in [6, 6.07) is 7.42. The number of carbonyl (C=O) groups is 2. The number of halogens is 3. The van der Waals surface area contributed by atoms with E-state index in [-0.39, 0.29) is 16.9 Å². The summed E-state index contributed by atoms with van der Waals surface area (Å²) < 4.78 is 36.7. The van der Waals surface area contributed by atoms with Crippen LogP contribution in [-0.4, -0.2) is 72.1 Å². The molecule has 1 aromatic rings. The van der Waals surface area contributed by atoms with Crippen molar-refractivity contribution in [3.63, 3.8) is 0 Å². The molecule has 1 saturated heterocycles. The highest BCUT2D eigenvalue weighted by atomic mass is 19.4. The lowest BCUT2D eigenvalue weighted by atomic mass is 9.38. The number of hydrogen-bond acceptors (Lipinski definition) is 6. The molecule has 0 atom stereocenters. The van der Waals surface area contributed by atoms with Crippen molar-refractivity contribution in [1.82, 2.24) is 4.90 Å².